The third-order valence-corrected chi connectivity index (χ3v) is 4.23. The smallest absolute Gasteiger partial charge is 0.250 e. The highest BCUT2D eigenvalue weighted by Crippen LogP contribution is 2.33. The van der Waals surface area contributed by atoms with Crippen LogP contribution in [0, 0.1) is 0 Å². The molecule has 3 heteroatoms. The van der Waals surface area contributed by atoms with Crippen LogP contribution in [0.5, 0.6) is 0 Å². The van der Waals surface area contributed by atoms with Crippen molar-refractivity contribution in [2.24, 2.45) is 0 Å². The number of nitrogens with one attached hydrogen (secondary N) is 1. The fraction of sp³-hybridized carbons (Fsp3) is 0.438. The van der Waals surface area contributed by atoms with Gasteiger partial charge in [0.1, 0.15) is 0 Å². The molecule has 1 aromatic rings. The summed E-state index contributed by atoms with van der Waals surface area (Å²) < 4.78 is 0. The molecule has 100 valence electrons. The summed E-state index contributed by atoms with van der Waals surface area (Å²) in [7, 11) is 0. The van der Waals surface area contributed by atoms with Crippen LogP contribution < -0.4 is 5.32 Å². The van der Waals surface area contributed by atoms with Crippen LogP contribution in [0.4, 0.5) is 0 Å². The molecule has 3 nitrogen and oxygen atoms in total. The minimum atomic E-state index is 0.225. The first-order chi connectivity index (χ1) is 9.27. The molecule has 2 heterocycles. The molecule has 2 saturated heterocycles. The van der Waals surface area contributed by atoms with Gasteiger partial charge < -0.3 is 10.2 Å². The fourth-order valence-electron chi connectivity index (χ4n) is 2.91. The van der Waals surface area contributed by atoms with E-state index in [0.717, 1.165) is 38.0 Å². The molecule has 1 aromatic carbocycles. The first-order valence-electron chi connectivity index (χ1n) is 7.02. The zero-order valence-corrected chi connectivity index (χ0v) is 11.4. The molecule has 2 fully saturated rings. The highest BCUT2D eigenvalue weighted by atomic mass is 16.2. The Morgan fingerprint density at radius 2 is 2.00 bits per heavy atom. The maximum Gasteiger partial charge on any atom is 0.250 e. The second-order valence-electron chi connectivity index (χ2n) is 5.40. The highest BCUT2D eigenvalue weighted by Gasteiger charge is 2.31. The molecule has 19 heavy (non-hydrogen) atoms. The van der Waals surface area contributed by atoms with E-state index in [4.69, 9.17) is 0 Å². The van der Waals surface area contributed by atoms with Crippen molar-refractivity contribution in [2.45, 2.75) is 25.8 Å². The van der Waals surface area contributed by atoms with Crippen LogP contribution >= 0.6 is 0 Å². The number of hydrogen-bond acceptors (Lipinski definition) is 2. The van der Waals surface area contributed by atoms with Crippen molar-refractivity contribution in [1.29, 1.82) is 0 Å². The summed E-state index contributed by atoms with van der Waals surface area (Å²) in [5.41, 5.74) is 3.48. The van der Waals surface area contributed by atoms with Crippen LogP contribution in [-0.4, -0.2) is 30.4 Å². The molecule has 0 spiro atoms. The van der Waals surface area contributed by atoms with Crippen molar-refractivity contribution in [2.75, 3.05) is 19.6 Å². The van der Waals surface area contributed by atoms with Crippen molar-refractivity contribution in [3.63, 3.8) is 0 Å². The van der Waals surface area contributed by atoms with Gasteiger partial charge >= 0.3 is 0 Å². The van der Waals surface area contributed by atoms with E-state index in [9.17, 15) is 4.79 Å². The van der Waals surface area contributed by atoms with E-state index in [1.165, 1.54) is 11.1 Å². The Balaban J connectivity index is 1.82. The van der Waals surface area contributed by atoms with Gasteiger partial charge in [0.05, 0.1) is 6.04 Å². The van der Waals surface area contributed by atoms with Crippen LogP contribution in [0.3, 0.4) is 0 Å². The van der Waals surface area contributed by atoms with Gasteiger partial charge in [-0.05, 0) is 30.9 Å². The lowest BCUT2D eigenvalue weighted by atomic mass is 10.0. The van der Waals surface area contributed by atoms with Crippen molar-refractivity contribution < 1.29 is 4.79 Å². The highest BCUT2D eigenvalue weighted by molar-refractivity contribution is 5.94. The quantitative estimate of drug-likeness (QED) is 0.823. The third kappa shape index (κ3) is 2.30. The second kappa shape index (κ2) is 5.17. The zero-order chi connectivity index (χ0) is 13.2. The third-order valence-electron chi connectivity index (χ3n) is 4.23. The molecule has 1 amide bonds. The number of rotatable bonds is 2. The van der Waals surface area contributed by atoms with Crippen molar-refractivity contribution in [3.8, 4) is 0 Å². The largest absolute Gasteiger partial charge is 0.332 e. The van der Waals surface area contributed by atoms with Gasteiger partial charge in [0.25, 0.3) is 0 Å². The van der Waals surface area contributed by atoms with Crippen LogP contribution in [0.1, 0.15) is 31.4 Å². The van der Waals surface area contributed by atoms with Gasteiger partial charge in [-0.3, -0.25) is 4.79 Å². The monoisotopic (exact) mass is 256 g/mol. The first-order valence-corrected chi connectivity index (χ1v) is 7.02. The van der Waals surface area contributed by atoms with E-state index < -0.39 is 0 Å². The number of hydrogen-bond donors (Lipinski definition) is 1. The summed E-state index contributed by atoms with van der Waals surface area (Å²) in [6, 6.07) is 10.7. The van der Waals surface area contributed by atoms with Gasteiger partial charge in [-0.2, -0.15) is 0 Å². The summed E-state index contributed by atoms with van der Waals surface area (Å²) >= 11 is 0. The molecule has 0 bridgehead atoms. The summed E-state index contributed by atoms with van der Waals surface area (Å²) in [5.74, 6) is 0.225. The molecular weight excluding hydrogens is 236 g/mol. The molecule has 1 atom stereocenters. The van der Waals surface area contributed by atoms with E-state index in [0.29, 0.717) is 0 Å². The van der Waals surface area contributed by atoms with E-state index in [2.05, 4.69) is 34.5 Å². The van der Waals surface area contributed by atoms with Crippen LogP contribution in [0.25, 0.3) is 0 Å². The van der Waals surface area contributed by atoms with E-state index in [1.54, 1.807) is 0 Å². The summed E-state index contributed by atoms with van der Waals surface area (Å²) in [6.07, 6.45) is 2.18. The molecule has 1 unspecified atom stereocenters. The Morgan fingerprint density at radius 1 is 1.26 bits per heavy atom. The van der Waals surface area contributed by atoms with Crippen LogP contribution in [-0.2, 0) is 4.79 Å². The Morgan fingerprint density at radius 3 is 2.63 bits per heavy atom. The molecule has 0 aliphatic carbocycles. The average molecular weight is 256 g/mol. The molecule has 0 radical (unpaired) electrons. The number of likely N-dealkylation sites (tertiary alicyclic amines) is 1. The van der Waals surface area contributed by atoms with Gasteiger partial charge in [0.2, 0.25) is 5.91 Å². The van der Waals surface area contributed by atoms with Gasteiger partial charge in [-0.25, -0.2) is 0 Å². The Labute approximate surface area is 114 Å². The van der Waals surface area contributed by atoms with Gasteiger partial charge in [-0.1, -0.05) is 30.3 Å². The van der Waals surface area contributed by atoms with E-state index in [1.807, 2.05) is 13.0 Å². The lowest BCUT2D eigenvalue weighted by molar-refractivity contribution is -0.128. The number of nitrogens with zero attached hydrogens (tertiary/aromatic N) is 1. The van der Waals surface area contributed by atoms with E-state index >= 15 is 0 Å². The average Bonchev–Trinajstić information content (AvgIpc) is 2.86. The minimum Gasteiger partial charge on any atom is -0.332 e. The lowest BCUT2D eigenvalue weighted by Crippen LogP contribution is -2.39. The number of carbonyl (C=O) groups is 1. The fourth-order valence-corrected chi connectivity index (χ4v) is 2.91. The zero-order valence-electron chi connectivity index (χ0n) is 11.4. The molecular formula is C16H20N2O. The SMILES string of the molecule is CC(C(=O)N1CCCC1c1ccccc1)=C1CNC1. The van der Waals surface area contributed by atoms with Crippen molar-refractivity contribution >= 4 is 5.91 Å². The van der Waals surface area contributed by atoms with Crippen molar-refractivity contribution in [3.05, 3.63) is 47.0 Å². The molecule has 2 aliphatic heterocycles. The number of carbonyl (C=O) groups excluding carboxylic acids is 1. The predicted molar refractivity (Wildman–Crippen MR) is 75.7 cm³/mol. The van der Waals surface area contributed by atoms with Gasteiger partial charge in [0.15, 0.2) is 0 Å². The maximum atomic E-state index is 12.6. The molecule has 0 saturated carbocycles. The molecule has 3 rings (SSSR count). The standard InChI is InChI=1S/C16H20N2O/c1-12(14-10-17-11-14)16(19)18-9-5-8-15(18)13-6-3-2-4-7-13/h2-4,6-7,15,17H,5,8-11H2,1H3. The maximum absolute atomic E-state index is 12.6. The first kappa shape index (κ1) is 12.4. The topological polar surface area (TPSA) is 32.3 Å². The van der Waals surface area contributed by atoms with Crippen molar-refractivity contribution in [1.82, 2.24) is 10.2 Å². The summed E-state index contributed by atoms with van der Waals surface area (Å²) in [5, 5.41) is 3.20. The Hall–Kier alpha value is -1.61. The molecule has 0 aromatic heterocycles. The summed E-state index contributed by atoms with van der Waals surface area (Å²) in [6.45, 7) is 4.61. The predicted octanol–water partition coefficient (Wildman–Crippen LogP) is 2.27. The molecule has 1 N–H and O–H groups in total. The summed E-state index contributed by atoms with van der Waals surface area (Å²) in [4.78, 5) is 14.7. The molecule has 2 aliphatic rings. The number of amides is 1. The number of benzene rings is 1. The second-order valence-corrected chi connectivity index (χ2v) is 5.40. The van der Waals surface area contributed by atoms with E-state index in [-0.39, 0.29) is 11.9 Å². The van der Waals surface area contributed by atoms with Gasteiger partial charge in [-0.15, -0.1) is 0 Å². The van der Waals surface area contributed by atoms with Gasteiger partial charge in [0, 0.05) is 25.2 Å². The Bertz CT molecular complexity index is 501. The Kier molecular flexibility index (Phi) is 3.38. The van der Waals surface area contributed by atoms with Crippen LogP contribution in [0.15, 0.2) is 41.5 Å². The normalized spacial score (nSPS) is 22.3. The lowest BCUT2D eigenvalue weighted by Gasteiger charge is -2.28. The van der Waals surface area contributed by atoms with Crippen LogP contribution in [0.2, 0.25) is 0 Å². The minimum absolute atomic E-state index is 0.225.